The SMILES string of the molecule is CCc1cc2c(=O)n(CC(=O)Nc3ccccc3C(N)=O)c(C)nc2s1. The monoisotopic (exact) mass is 370 g/mol. The lowest BCUT2D eigenvalue weighted by atomic mass is 10.1. The number of amides is 2. The zero-order chi connectivity index (χ0) is 18.8. The Kier molecular flexibility index (Phi) is 4.85. The molecule has 0 spiro atoms. The highest BCUT2D eigenvalue weighted by atomic mass is 32.1. The number of aryl methyl sites for hydroxylation is 2. The molecule has 2 heterocycles. The van der Waals surface area contributed by atoms with Gasteiger partial charge >= 0.3 is 0 Å². The third kappa shape index (κ3) is 3.36. The van der Waals surface area contributed by atoms with Crippen LogP contribution in [0.3, 0.4) is 0 Å². The third-order valence-corrected chi connectivity index (χ3v) is 5.18. The molecule has 0 saturated heterocycles. The van der Waals surface area contributed by atoms with Gasteiger partial charge in [0.25, 0.3) is 11.5 Å². The van der Waals surface area contributed by atoms with E-state index in [1.54, 1.807) is 25.1 Å². The molecule has 0 unspecified atom stereocenters. The summed E-state index contributed by atoms with van der Waals surface area (Å²) < 4.78 is 1.33. The van der Waals surface area contributed by atoms with Gasteiger partial charge in [-0.1, -0.05) is 19.1 Å². The van der Waals surface area contributed by atoms with E-state index in [0.717, 1.165) is 11.3 Å². The summed E-state index contributed by atoms with van der Waals surface area (Å²) >= 11 is 1.48. The summed E-state index contributed by atoms with van der Waals surface area (Å²) in [7, 11) is 0. The van der Waals surface area contributed by atoms with Crippen LogP contribution < -0.4 is 16.6 Å². The first kappa shape index (κ1) is 17.8. The van der Waals surface area contributed by atoms with E-state index >= 15 is 0 Å². The van der Waals surface area contributed by atoms with Crippen molar-refractivity contribution in [3.05, 3.63) is 57.0 Å². The number of rotatable bonds is 5. The summed E-state index contributed by atoms with van der Waals surface area (Å²) in [5, 5.41) is 3.15. The lowest BCUT2D eigenvalue weighted by Gasteiger charge is -2.11. The molecule has 0 aliphatic heterocycles. The van der Waals surface area contributed by atoms with Crippen LogP contribution in [0.15, 0.2) is 35.1 Å². The summed E-state index contributed by atoms with van der Waals surface area (Å²) in [5.41, 5.74) is 5.59. The van der Waals surface area contributed by atoms with Crippen LogP contribution in [0.5, 0.6) is 0 Å². The first-order valence-electron chi connectivity index (χ1n) is 8.09. The Hall–Kier alpha value is -3.00. The lowest BCUT2D eigenvalue weighted by Crippen LogP contribution is -2.30. The van der Waals surface area contributed by atoms with Gasteiger partial charge in [0.05, 0.1) is 16.6 Å². The third-order valence-electron chi connectivity index (χ3n) is 4.01. The molecule has 0 fully saturated rings. The van der Waals surface area contributed by atoms with Gasteiger partial charge in [0.2, 0.25) is 5.91 Å². The van der Waals surface area contributed by atoms with Crippen LogP contribution in [-0.2, 0) is 17.8 Å². The van der Waals surface area contributed by atoms with E-state index in [-0.39, 0.29) is 17.7 Å². The standard InChI is InChI=1S/C18H18N4O3S/c1-3-11-8-13-17(26-11)20-10(2)22(18(13)25)9-15(23)21-14-7-5-4-6-12(14)16(19)24/h4-8H,3,9H2,1-2H3,(H2,19,24)(H,21,23). The highest BCUT2D eigenvalue weighted by molar-refractivity contribution is 7.18. The van der Waals surface area contributed by atoms with E-state index in [9.17, 15) is 14.4 Å². The van der Waals surface area contributed by atoms with Crippen molar-refractivity contribution < 1.29 is 9.59 Å². The number of fused-ring (bicyclic) bond motifs is 1. The number of carbonyl (C=O) groups excluding carboxylic acids is 2. The maximum Gasteiger partial charge on any atom is 0.262 e. The van der Waals surface area contributed by atoms with Crippen LogP contribution in [0.4, 0.5) is 5.69 Å². The second-order valence-corrected chi connectivity index (χ2v) is 6.91. The van der Waals surface area contributed by atoms with Crippen molar-refractivity contribution in [1.82, 2.24) is 9.55 Å². The lowest BCUT2D eigenvalue weighted by molar-refractivity contribution is -0.116. The van der Waals surface area contributed by atoms with Crippen LogP contribution in [-0.4, -0.2) is 21.4 Å². The maximum absolute atomic E-state index is 12.7. The molecule has 0 atom stereocenters. The average Bonchev–Trinajstić information content (AvgIpc) is 3.02. The number of para-hydroxylation sites is 1. The number of nitrogens with zero attached hydrogens (tertiary/aromatic N) is 2. The fourth-order valence-electron chi connectivity index (χ4n) is 2.67. The van der Waals surface area contributed by atoms with Crippen molar-refractivity contribution in [2.45, 2.75) is 26.8 Å². The number of carbonyl (C=O) groups is 2. The minimum Gasteiger partial charge on any atom is -0.366 e. The average molecular weight is 370 g/mol. The molecule has 0 radical (unpaired) electrons. The van der Waals surface area contributed by atoms with Gasteiger partial charge in [0, 0.05) is 4.88 Å². The zero-order valence-corrected chi connectivity index (χ0v) is 15.2. The molecule has 3 rings (SSSR count). The van der Waals surface area contributed by atoms with Crippen molar-refractivity contribution in [3.63, 3.8) is 0 Å². The van der Waals surface area contributed by atoms with Gasteiger partial charge in [0.15, 0.2) is 0 Å². The Morgan fingerprint density at radius 1 is 1.31 bits per heavy atom. The second-order valence-electron chi connectivity index (χ2n) is 5.79. The Morgan fingerprint density at radius 3 is 2.73 bits per heavy atom. The number of aromatic nitrogens is 2. The van der Waals surface area contributed by atoms with Crippen molar-refractivity contribution >= 4 is 39.1 Å². The first-order valence-corrected chi connectivity index (χ1v) is 8.91. The molecular weight excluding hydrogens is 352 g/mol. The molecule has 134 valence electrons. The molecule has 0 aliphatic rings. The van der Waals surface area contributed by atoms with Crippen LogP contribution in [0, 0.1) is 6.92 Å². The summed E-state index contributed by atoms with van der Waals surface area (Å²) in [6, 6.07) is 8.28. The van der Waals surface area contributed by atoms with Crippen molar-refractivity contribution in [2.24, 2.45) is 5.73 Å². The van der Waals surface area contributed by atoms with Crippen LogP contribution >= 0.6 is 11.3 Å². The van der Waals surface area contributed by atoms with Gasteiger partial charge in [-0.3, -0.25) is 19.0 Å². The smallest absolute Gasteiger partial charge is 0.262 e. The fourth-order valence-corrected chi connectivity index (χ4v) is 3.67. The molecule has 1 aromatic carbocycles. The Bertz CT molecular complexity index is 1070. The van der Waals surface area contributed by atoms with Crippen molar-refractivity contribution in [2.75, 3.05) is 5.32 Å². The summed E-state index contributed by atoms with van der Waals surface area (Å²) in [6.45, 7) is 3.51. The highest BCUT2D eigenvalue weighted by Gasteiger charge is 2.15. The summed E-state index contributed by atoms with van der Waals surface area (Å²) in [6.07, 6.45) is 0.823. The molecule has 0 saturated carbocycles. The minimum atomic E-state index is -0.636. The van der Waals surface area contributed by atoms with Crippen LogP contribution in [0.2, 0.25) is 0 Å². The Morgan fingerprint density at radius 2 is 2.04 bits per heavy atom. The molecule has 2 amide bonds. The van der Waals surface area contributed by atoms with E-state index in [2.05, 4.69) is 10.3 Å². The van der Waals surface area contributed by atoms with Gasteiger partial charge in [-0.05, 0) is 31.5 Å². The zero-order valence-electron chi connectivity index (χ0n) is 14.4. The molecule has 8 heteroatoms. The maximum atomic E-state index is 12.7. The molecule has 0 bridgehead atoms. The number of anilines is 1. The summed E-state index contributed by atoms with van der Waals surface area (Å²) in [5.74, 6) is -0.607. The van der Waals surface area contributed by atoms with Crippen LogP contribution in [0.25, 0.3) is 10.2 Å². The van der Waals surface area contributed by atoms with E-state index in [1.807, 2.05) is 13.0 Å². The predicted octanol–water partition coefficient (Wildman–Crippen LogP) is 2.07. The molecule has 2 aromatic heterocycles. The number of primary amides is 1. The van der Waals surface area contributed by atoms with E-state index in [4.69, 9.17) is 5.73 Å². The second kappa shape index (κ2) is 7.09. The highest BCUT2D eigenvalue weighted by Crippen LogP contribution is 2.22. The molecule has 3 aromatic rings. The summed E-state index contributed by atoms with van der Waals surface area (Å²) in [4.78, 5) is 42.8. The van der Waals surface area contributed by atoms with Gasteiger partial charge in [0.1, 0.15) is 17.2 Å². The normalized spacial score (nSPS) is 10.8. The Labute approximate surface area is 153 Å². The number of nitrogens with two attached hydrogens (primary N) is 1. The first-order chi connectivity index (χ1) is 12.4. The molecule has 26 heavy (non-hydrogen) atoms. The largest absolute Gasteiger partial charge is 0.366 e. The molecule has 7 nitrogen and oxygen atoms in total. The molecular formula is C18H18N4O3S. The van der Waals surface area contributed by atoms with Gasteiger partial charge in [-0.2, -0.15) is 0 Å². The number of hydrogen-bond acceptors (Lipinski definition) is 5. The number of hydrogen-bond donors (Lipinski definition) is 2. The molecule has 3 N–H and O–H groups in total. The van der Waals surface area contributed by atoms with Gasteiger partial charge in [-0.15, -0.1) is 11.3 Å². The van der Waals surface area contributed by atoms with Crippen molar-refractivity contribution in [3.8, 4) is 0 Å². The van der Waals surface area contributed by atoms with Crippen molar-refractivity contribution in [1.29, 1.82) is 0 Å². The van der Waals surface area contributed by atoms with Gasteiger partial charge in [-0.25, -0.2) is 4.98 Å². The van der Waals surface area contributed by atoms with E-state index in [0.29, 0.717) is 21.7 Å². The topological polar surface area (TPSA) is 107 Å². The number of thiophene rings is 1. The molecule has 0 aliphatic carbocycles. The Balaban J connectivity index is 1.90. The number of nitrogens with one attached hydrogen (secondary N) is 1. The fraction of sp³-hybridized carbons (Fsp3) is 0.222. The minimum absolute atomic E-state index is 0.196. The van der Waals surface area contributed by atoms with Gasteiger partial charge < -0.3 is 11.1 Å². The number of benzene rings is 1. The van der Waals surface area contributed by atoms with E-state index < -0.39 is 11.8 Å². The predicted molar refractivity (Wildman–Crippen MR) is 102 cm³/mol. The van der Waals surface area contributed by atoms with Crippen LogP contribution in [0.1, 0.15) is 28.0 Å². The van der Waals surface area contributed by atoms with E-state index in [1.165, 1.54) is 22.0 Å². The quantitative estimate of drug-likeness (QED) is 0.717.